The Morgan fingerprint density at radius 2 is 2.23 bits per heavy atom. The first-order valence-corrected chi connectivity index (χ1v) is 6.30. The van der Waals surface area contributed by atoms with Crippen molar-refractivity contribution >= 4 is 24.9 Å². The molecule has 1 unspecified atom stereocenters. The molecular formula is C6H14NO4PS. The highest BCUT2D eigenvalue weighted by Crippen LogP contribution is 2.45. The fraction of sp³-hybridized carbons (Fsp3) is 0.833. The molecule has 0 fully saturated rings. The summed E-state index contributed by atoms with van der Waals surface area (Å²) >= 11 is 1.02. The summed E-state index contributed by atoms with van der Waals surface area (Å²) < 4.78 is 9.33. The number of ether oxygens (including phenoxy) is 1. The van der Waals surface area contributed by atoms with Gasteiger partial charge in [0.05, 0.1) is 0 Å². The maximum Gasteiger partial charge on any atom is 0.326 e. The summed E-state index contributed by atoms with van der Waals surface area (Å²) in [6, 6.07) is 0. The summed E-state index contributed by atoms with van der Waals surface area (Å²) in [6.45, 7) is 3.11. The second-order valence-electron chi connectivity index (χ2n) is 2.82. The van der Waals surface area contributed by atoms with E-state index in [0.717, 1.165) is 11.4 Å². The Morgan fingerprint density at radius 3 is 2.62 bits per heavy atom. The fourth-order valence-electron chi connectivity index (χ4n) is 0.364. The summed E-state index contributed by atoms with van der Waals surface area (Å²) in [4.78, 5) is 20.0. The standard InChI is InChI=1S/C6H14NO4PS/c1-6(2,7)5(8)11-4-13-12(9)10-3/h9H,4,7H2,1-3H3. The molecule has 0 radical (unpaired) electrons. The van der Waals surface area contributed by atoms with Crippen LogP contribution in [0.1, 0.15) is 13.8 Å². The van der Waals surface area contributed by atoms with Crippen molar-refractivity contribution in [3.63, 3.8) is 0 Å². The second-order valence-corrected chi connectivity index (χ2v) is 5.87. The molecule has 1 atom stereocenters. The highest BCUT2D eigenvalue weighted by Gasteiger charge is 2.23. The van der Waals surface area contributed by atoms with Crippen LogP contribution in [0.3, 0.4) is 0 Å². The van der Waals surface area contributed by atoms with E-state index in [1.54, 1.807) is 13.8 Å². The van der Waals surface area contributed by atoms with Crippen LogP contribution < -0.4 is 5.73 Å². The molecule has 13 heavy (non-hydrogen) atoms. The first kappa shape index (κ1) is 13.1. The number of rotatable bonds is 5. The molecule has 0 aromatic heterocycles. The lowest BCUT2D eigenvalue weighted by Gasteiger charge is -2.16. The normalized spacial score (nSPS) is 13.9. The molecule has 78 valence electrons. The molecule has 0 saturated heterocycles. The molecule has 0 spiro atoms. The van der Waals surface area contributed by atoms with Crippen LogP contribution in [0.5, 0.6) is 0 Å². The number of carbonyl (C=O) groups is 1. The van der Waals surface area contributed by atoms with E-state index in [2.05, 4.69) is 4.52 Å². The zero-order valence-corrected chi connectivity index (χ0v) is 9.52. The van der Waals surface area contributed by atoms with Crippen molar-refractivity contribution in [3.05, 3.63) is 0 Å². The first-order chi connectivity index (χ1) is 5.88. The molecular weight excluding hydrogens is 213 g/mol. The summed E-state index contributed by atoms with van der Waals surface area (Å²) in [5.41, 5.74) is 4.46. The van der Waals surface area contributed by atoms with Gasteiger partial charge in [-0.1, -0.05) is 0 Å². The summed E-state index contributed by atoms with van der Waals surface area (Å²) in [7, 11) is -0.164. The Kier molecular flexibility index (Phi) is 5.83. The van der Waals surface area contributed by atoms with Crippen LogP contribution in [0.4, 0.5) is 0 Å². The molecule has 0 amide bonds. The van der Waals surface area contributed by atoms with Gasteiger partial charge in [-0.2, -0.15) is 0 Å². The van der Waals surface area contributed by atoms with Crippen molar-refractivity contribution in [1.82, 2.24) is 0 Å². The van der Waals surface area contributed by atoms with E-state index in [9.17, 15) is 4.79 Å². The third-order valence-corrected chi connectivity index (χ3v) is 3.22. The van der Waals surface area contributed by atoms with Gasteiger partial charge in [0.1, 0.15) is 11.5 Å². The molecule has 0 aliphatic carbocycles. The molecule has 0 aromatic rings. The zero-order valence-electron chi connectivity index (χ0n) is 7.81. The van der Waals surface area contributed by atoms with E-state index in [1.807, 2.05) is 0 Å². The molecule has 7 heteroatoms. The average molecular weight is 227 g/mol. The van der Waals surface area contributed by atoms with E-state index >= 15 is 0 Å². The van der Waals surface area contributed by atoms with Crippen LogP contribution in [0, 0.1) is 0 Å². The summed E-state index contributed by atoms with van der Waals surface area (Å²) in [5, 5.41) is 0. The van der Waals surface area contributed by atoms with Gasteiger partial charge in [0.25, 0.3) is 0 Å². The highest BCUT2D eigenvalue weighted by atomic mass is 32.7. The van der Waals surface area contributed by atoms with Crippen molar-refractivity contribution in [2.45, 2.75) is 19.4 Å². The summed E-state index contributed by atoms with van der Waals surface area (Å²) in [5.74, 6) is -0.449. The fourth-order valence-corrected chi connectivity index (χ4v) is 1.46. The van der Waals surface area contributed by atoms with Crippen molar-refractivity contribution in [2.24, 2.45) is 5.73 Å². The minimum Gasteiger partial charge on any atom is -0.453 e. The minimum atomic E-state index is -1.55. The summed E-state index contributed by atoms with van der Waals surface area (Å²) in [6.07, 6.45) is 0. The van der Waals surface area contributed by atoms with Gasteiger partial charge < -0.3 is 19.9 Å². The molecule has 0 aliphatic rings. The van der Waals surface area contributed by atoms with Crippen LogP contribution in [-0.2, 0) is 14.1 Å². The largest absolute Gasteiger partial charge is 0.453 e. The van der Waals surface area contributed by atoms with E-state index in [1.165, 1.54) is 7.11 Å². The molecule has 0 bridgehead atoms. The number of esters is 1. The zero-order chi connectivity index (χ0) is 10.5. The van der Waals surface area contributed by atoms with Gasteiger partial charge in [-0.05, 0) is 25.2 Å². The molecule has 0 saturated carbocycles. The van der Waals surface area contributed by atoms with Crippen molar-refractivity contribution in [1.29, 1.82) is 0 Å². The highest BCUT2D eigenvalue weighted by molar-refractivity contribution is 8.52. The van der Waals surface area contributed by atoms with Gasteiger partial charge in [-0.25, -0.2) is 0 Å². The van der Waals surface area contributed by atoms with Crippen LogP contribution >= 0.6 is 19.0 Å². The molecule has 0 rings (SSSR count). The third-order valence-electron chi connectivity index (χ3n) is 1.04. The lowest BCUT2D eigenvalue weighted by Crippen LogP contribution is -2.42. The van der Waals surface area contributed by atoms with Gasteiger partial charge in [0.2, 0.25) is 7.58 Å². The van der Waals surface area contributed by atoms with E-state index < -0.39 is 19.1 Å². The molecule has 3 N–H and O–H groups in total. The van der Waals surface area contributed by atoms with Gasteiger partial charge >= 0.3 is 5.97 Å². The molecule has 5 nitrogen and oxygen atoms in total. The lowest BCUT2D eigenvalue weighted by atomic mass is 10.1. The Bertz CT molecular complexity index is 173. The quantitative estimate of drug-likeness (QED) is 0.411. The van der Waals surface area contributed by atoms with E-state index in [4.69, 9.17) is 15.4 Å². The van der Waals surface area contributed by atoms with Crippen LogP contribution in [0.25, 0.3) is 0 Å². The number of carbonyl (C=O) groups excluding carboxylic acids is 1. The average Bonchev–Trinajstić information content (AvgIpc) is 2.02. The molecule has 0 aliphatic heterocycles. The first-order valence-electron chi connectivity index (χ1n) is 3.50. The third kappa shape index (κ3) is 6.23. The maximum absolute atomic E-state index is 11.1. The Hall–Kier alpha value is 0.130. The number of hydrogen-bond donors (Lipinski definition) is 2. The Morgan fingerprint density at radius 1 is 1.69 bits per heavy atom. The predicted molar refractivity (Wildman–Crippen MR) is 53.0 cm³/mol. The number of nitrogens with two attached hydrogens (primary N) is 1. The Labute approximate surface area is 82.6 Å². The van der Waals surface area contributed by atoms with Gasteiger partial charge in [0, 0.05) is 7.11 Å². The van der Waals surface area contributed by atoms with Crippen LogP contribution in [0.15, 0.2) is 0 Å². The van der Waals surface area contributed by atoms with Gasteiger partial charge in [0.15, 0.2) is 0 Å². The van der Waals surface area contributed by atoms with E-state index in [0.29, 0.717) is 0 Å². The van der Waals surface area contributed by atoms with Gasteiger partial charge in [-0.15, -0.1) is 0 Å². The topological polar surface area (TPSA) is 81.8 Å². The van der Waals surface area contributed by atoms with Crippen molar-refractivity contribution in [3.8, 4) is 0 Å². The molecule has 0 heterocycles. The van der Waals surface area contributed by atoms with Crippen molar-refractivity contribution in [2.75, 3.05) is 13.0 Å². The Balaban J connectivity index is 3.60. The predicted octanol–water partition coefficient (Wildman–Crippen LogP) is 0.823. The van der Waals surface area contributed by atoms with Gasteiger partial charge in [-0.3, -0.25) is 4.79 Å². The lowest BCUT2D eigenvalue weighted by molar-refractivity contribution is -0.146. The SMILES string of the molecule is COP(O)SCOC(=O)C(C)(C)N. The van der Waals surface area contributed by atoms with Crippen LogP contribution in [-0.4, -0.2) is 29.5 Å². The monoisotopic (exact) mass is 227 g/mol. The second kappa shape index (κ2) is 5.78. The number of hydrogen-bond acceptors (Lipinski definition) is 6. The smallest absolute Gasteiger partial charge is 0.326 e. The van der Waals surface area contributed by atoms with Crippen LogP contribution in [0.2, 0.25) is 0 Å². The molecule has 0 aromatic carbocycles. The maximum atomic E-state index is 11.1. The minimum absolute atomic E-state index is 0.0511. The van der Waals surface area contributed by atoms with E-state index in [-0.39, 0.29) is 5.94 Å². The van der Waals surface area contributed by atoms with Crippen molar-refractivity contribution < 1.29 is 18.9 Å².